The van der Waals surface area contributed by atoms with Gasteiger partial charge < -0.3 is 0 Å². The smallest absolute Gasteiger partial charge is 0.256 e. The first-order valence-corrected chi connectivity index (χ1v) is 4.72. The molecule has 74 valence electrons. The van der Waals surface area contributed by atoms with Crippen molar-refractivity contribution in [3.8, 4) is 0 Å². The summed E-state index contributed by atoms with van der Waals surface area (Å²) in [6.45, 7) is 0. The minimum absolute atomic E-state index is 0.428. The van der Waals surface area contributed by atoms with Crippen LogP contribution in [0.5, 0.6) is 0 Å². The molecule has 1 aromatic heterocycles. The molecule has 0 fully saturated rings. The number of sulfonamides is 1. The third-order valence-electron chi connectivity index (χ3n) is 1.37. The maximum Gasteiger partial charge on any atom is 0.282 e. The number of alkyl halides is 2. The molecule has 0 bridgehead atoms. The lowest BCUT2D eigenvalue weighted by atomic mass is 10.5. The summed E-state index contributed by atoms with van der Waals surface area (Å²) >= 11 is 0. The van der Waals surface area contributed by atoms with Crippen LogP contribution in [0.1, 0.15) is 12.1 Å². The highest BCUT2D eigenvalue weighted by Crippen LogP contribution is 2.19. The molecule has 0 spiro atoms. The van der Waals surface area contributed by atoms with Crippen molar-refractivity contribution in [2.75, 3.05) is 0 Å². The van der Waals surface area contributed by atoms with Gasteiger partial charge in [0.2, 0.25) is 0 Å². The first-order chi connectivity index (χ1) is 5.82. The van der Waals surface area contributed by atoms with Gasteiger partial charge in [-0.25, -0.2) is 22.3 Å². The van der Waals surface area contributed by atoms with Crippen molar-refractivity contribution in [1.82, 2.24) is 9.78 Å². The third kappa shape index (κ3) is 2.01. The second kappa shape index (κ2) is 3.04. The number of hydrogen-bond donors (Lipinski definition) is 1. The summed E-state index contributed by atoms with van der Waals surface area (Å²) < 4.78 is 46.4. The van der Waals surface area contributed by atoms with Gasteiger partial charge in [-0.2, -0.15) is 5.10 Å². The number of nitrogens with zero attached hydrogens (tertiary/aromatic N) is 2. The molecule has 13 heavy (non-hydrogen) atoms. The number of halogens is 2. The second-order valence-corrected chi connectivity index (χ2v) is 3.89. The van der Waals surface area contributed by atoms with E-state index in [1.807, 2.05) is 0 Å². The highest BCUT2D eigenvalue weighted by Gasteiger charge is 2.19. The maximum atomic E-state index is 12.0. The molecule has 0 unspecified atom stereocenters. The van der Waals surface area contributed by atoms with Crippen LogP contribution in [0.4, 0.5) is 8.78 Å². The first-order valence-electron chi connectivity index (χ1n) is 3.17. The van der Waals surface area contributed by atoms with Crippen LogP contribution in [-0.2, 0) is 17.1 Å². The summed E-state index contributed by atoms with van der Waals surface area (Å²) in [5, 5.41) is 7.59. The van der Waals surface area contributed by atoms with Crippen LogP contribution >= 0.6 is 0 Å². The van der Waals surface area contributed by atoms with Gasteiger partial charge in [0.15, 0.2) is 5.03 Å². The molecular formula is C5H7F2N3O2S. The number of hydrogen-bond acceptors (Lipinski definition) is 3. The topological polar surface area (TPSA) is 78.0 Å². The second-order valence-electron chi connectivity index (χ2n) is 2.38. The van der Waals surface area contributed by atoms with Gasteiger partial charge in [-0.1, -0.05) is 0 Å². The summed E-state index contributed by atoms with van der Waals surface area (Å²) in [5.41, 5.74) is -0.605. The fourth-order valence-electron chi connectivity index (χ4n) is 0.844. The molecule has 0 saturated heterocycles. The van der Waals surface area contributed by atoms with Crippen LogP contribution in [0.2, 0.25) is 0 Å². The lowest BCUT2D eigenvalue weighted by Gasteiger charge is -1.95. The molecule has 0 aromatic carbocycles. The highest BCUT2D eigenvalue weighted by molar-refractivity contribution is 7.89. The van der Waals surface area contributed by atoms with Gasteiger partial charge in [0.1, 0.15) is 5.69 Å². The zero-order valence-corrected chi connectivity index (χ0v) is 7.42. The van der Waals surface area contributed by atoms with Crippen LogP contribution in [0.15, 0.2) is 11.1 Å². The average Bonchev–Trinajstić information content (AvgIpc) is 2.29. The Kier molecular flexibility index (Phi) is 2.35. The molecule has 0 amide bonds. The van der Waals surface area contributed by atoms with E-state index in [9.17, 15) is 17.2 Å². The van der Waals surface area contributed by atoms with E-state index in [1.165, 1.54) is 7.05 Å². The Labute approximate surface area is 73.2 Å². The zero-order valence-electron chi connectivity index (χ0n) is 6.61. The molecule has 2 N–H and O–H groups in total. The van der Waals surface area contributed by atoms with Crippen molar-refractivity contribution in [2.45, 2.75) is 11.5 Å². The number of rotatable bonds is 2. The van der Waals surface area contributed by atoms with E-state index in [4.69, 9.17) is 5.14 Å². The zero-order chi connectivity index (χ0) is 10.2. The van der Waals surface area contributed by atoms with Crippen LogP contribution in [0.3, 0.4) is 0 Å². The van der Waals surface area contributed by atoms with Crippen LogP contribution in [0.25, 0.3) is 0 Å². The lowest BCUT2D eigenvalue weighted by Crippen LogP contribution is -2.16. The molecular weight excluding hydrogens is 204 g/mol. The van der Waals surface area contributed by atoms with E-state index in [2.05, 4.69) is 5.10 Å². The van der Waals surface area contributed by atoms with Gasteiger partial charge in [-0.05, 0) is 0 Å². The number of primary sulfonamides is 1. The molecule has 0 aliphatic heterocycles. The Bertz CT molecular complexity index is 411. The summed E-state index contributed by atoms with van der Waals surface area (Å²) in [4.78, 5) is 0. The van der Waals surface area contributed by atoms with Gasteiger partial charge >= 0.3 is 0 Å². The van der Waals surface area contributed by atoms with Crippen molar-refractivity contribution in [2.24, 2.45) is 12.2 Å². The van der Waals surface area contributed by atoms with E-state index in [0.717, 1.165) is 10.7 Å². The summed E-state index contributed by atoms with van der Waals surface area (Å²) in [6, 6.07) is 0.750. The minimum Gasteiger partial charge on any atom is -0.256 e. The third-order valence-corrected chi connectivity index (χ3v) is 2.34. The summed E-state index contributed by atoms with van der Waals surface area (Å²) in [6.07, 6.45) is -2.80. The molecule has 0 saturated carbocycles. The molecule has 0 atom stereocenters. The molecule has 5 nitrogen and oxygen atoms in total. The largest absolute Gasteiger partial charge is 0.282 e. The Morgan fingerprint density at radius 3 is 2.38 bits per heavy atom. The average molecular weight is 211 g/mol. The van der Waals surface area contributed by atoms with Crippen molar-refractivity contribution in [3.05, 3.63) is 11.8 Å². The van der Waals surface area contributed by atoms with Crippen LogP contribution in [0, 0.1) is 0 Å². The standard InChI is InChI=1S/C5H7F2N3O2S/c1-10-4(13(8,11)12)2-3(9-10)5(6)7/h2,5H,1H3,(H2,8,11,12). The van der Waals surface area contributed by atoms with Crippen molar-refractivity contribution in [1.29, 1.82) is 0 Å². The van der Waals surface area contributed by atoms with Gasteiger partial charge in [0, 0.05) is 13.1 Å². The van der Waals surface area contributed by atoms with Gasteiger partial charge in [0.25, 0.3) is 16.4 Å². The maximum absolute atomic E-state index is 12.0. The molecule has 1 rings (SSSR count). The Morgan fingerprint density at radius 1 is 1.62 bits per heavy atom. The normalized spacial score (nSPS) is 12.4. The van der Waals surface area contributed by atoms with Gasteiger partial charge in [-0.3, -0.25) is 4.68 Å². The molecule has 1 aromatic rings. The lowest BCUT2D eigenvalue weighted by molar-refractivity contribution is 0.145. The predicted octanol–water partition coefficient (Wildman–Crippen LogP) is 0.00510. The van der Waals surface area contributed by atoms with E-state index in [1.54, 1.807) is 0 Å². The highest BCUT2D eigenvalue weighted by atomic mass is 32.2. The summed E-state index contributed by atoms with van der Waals surface area (Å²) in [5.74, 6) is 0. The minimum atomic E-state index is -3.98. The van der Waals surface area contributed by atoms with Crippen molar-refractivity contribution < 1.29 is 17.2 Å². The van der Waals surface area contributed by atoms with Crippen LogP contribution in [-0.4, -0.2) is 18.2 Å². The fourth-order valence-corrected chi connectivity index (χ4v) is 1.54. The van der Waals surface area contributed by atoms with E-state index in [0.29, 0.717) is 0 Å². The first kappa shape index (κ1) is 10.1. The number of aryl methyl sites for hydroxylation is 1. The number of aromatic nitrogens is 2. The van der Waals surface area contributed by atoms with Crippen molar-refractivity contribution >= 4 is 10.0 Å². The molecule has 0 aliphatic carbocycles. The number of nitrogens with two attached hydrogens (primary N) is 1. The van der Waals surface area contributed by atoms with E-state index in [-0.39, 0.29) is 0 Å². The van der Waals surface area contributed by atoms with Gasteiger partial charge in [0.05, 0.1) is 0 Å². The predicted molar refractivity (Wildman–Crippen MR) is 39.5 cm³/mol. The monoisotopic (exact) mass is 211 g/mol. The van der Waals surface area contributed by atoms with Crippen LogP contribution < -0.4 is 5.14 Å². The summed E-state index contributed by atoms with van der Waals surface area (Å²) in [7, 11) is -2.75. The SMILES string of the molecule is Cn1nc(C(F)F)cc1S(N)(=O)=O. The van der Waals surface area contributed by atoms with Gasteiger partial charge in [-0.15, -0.1) is 0 Å². The molecule has 8 heteroatoms. The van der Waals surface area contributed by atoms with E-state index >= 15 is 0 Å². The molecule has 0 radical (unpaired) electrons. The molecule has 0 aliphatic rings. The Morgan fingerprint density at radius 2 is 2.15 bits per heavy atom. The Hall–Kier alpha value is -1.02. The fraction of sp³-hybridized carbons (Fsp3) is 0.400. The quantitative estimate of drug-likeness (QED) is 0.748. The van der Waals surface area contributed by atoms with E-state index < -0.39 is 27.2 Å². The Balaban J connectivity index is 3.27. The molecule has 1 heterocycles. The van der Waals surface area contributed by atoms with Crippen molar-refractivity contribution in [3.63, 3.8) is 0 Å².